The fourth-order valence-electron chi connectivity index (χ4n) is 1.88. The maximum absolute atomic E-state index is 14.5. The summed E-state index contributed by atoms with van der Waals surface area (Å²) in [5.41, 5.74) is 0.0525. The van der Waals surface area contributed by atoms with Crippen molar-refractivity contribution in [1.82, 2.24) is 0 Å². The van der Waals surface area contributed by atoms with E-state index in [2.05, 4.69) is 8.37 Å². The summed E-state index contributed by atoms with van der Waals surface area (Å²) in [6, 6.07) is 7.08. The van der Waals surface area contributed by atoms with Crippen molar-refractivity contribution in [3.63, 3.8) is 0 Å². The van der Waals surface area contributed by atoms with E-state index in [1.165, 1.54) is 18.2 Å². The fourth-order valence-corrected chi connectivity index (χ4v) is 2.80. The summed E-state index contributed by atoms with van der Waals surface area (Å²) >= 11 is 0. The molecule has 0 saturated carbocycles. The van der Waals surface area contributed by atoms with Gasteiger partial charge in [0.2, 0.25) is 5.82 Å². The maximum atomic E-state index is 14.5. The number of hydrogen-bond donors (Lipinski definition) is 0. The topological polar surface area (TPSA) is 86.7 Å². The molecule has 0 unspecified atom stereocenters. The van der Waals surface area contributed by atoms with Crippen LogP contribution in [0.1, 0.15) is 0 Å². The lowest BCUT2D eigenvalue weighted by atomic mass is 10.0. The largest absolute Gasteiger partial charge is 0.379 e. The summed E-state index contributed by atoms with van der Waals surface area (Å²) in [7, 11) is -8.19. The van der Waals surface area contributed by atoms with E-state index in [1.54, 1.807) is 0 Å². The van der Waals surface area contributed by atoms with Crippen LogP contribution in [-0.4, -0.2) is 29.3 Å². The molecule has 0 fully saturated rings. The molecule has 6 nitrogen and oxygen atoms in total. The molecule has 24 heavy (non-hydrogen) atoms. The first-order chi connectivity index (χ1) is 11.0. The van der Waals surface area contributed by atoms with Gasteiger partial charge in [0, 0.05) is 5.56 Å². The fraction of sp³-hybridized carbons (Fsp3) is 0.143. The van der Waals surface area contributed by atoms with E-state index < -0.39 is 43.4 Å². The van der Waals surface area contributed by atoms with Gasteiger partial charge in [0.1, 0.15) is 5.82 Å². The lowest BCUT2D eigenvalue weighted by Gasteiger charge is -2.13. The molecule has 0 spiro atoms. The molecule has 0 heterocycles. The Morgan fingerprint density at radius 3 is 2.04 bits per heavy atom. The van der Waals surface area contributed by atoms with Gasteiger partial charge in [-0.15, -0.1) is 0 Å². The van der Waals surface area contributed by atoms with Crippen LogP contribution in [0.2, 0.25) is 0 Å². The van der Waals surface area contributed by atoms with Gasteiger partial charge in [0.05, 0.1) is 12.5 Å². The molecule has 10 heteroatoms. The molecule has 2 aromatic carbocycles. The van der Waals surface area contributed by atoms with Crippen LogP contribution in [0.15, 0.2) is 36.4 Å². The lowest BCUT2D eigenvalue weighted by Crippen LogP contribution is -2.11. The average Bonchev–Trinajstić information content (AvgIpc) is 2.40. The second kappa shape index (κ2) is 6.36. The summed E-state index contributed by atoms with van der Waals surface area (Å²) in [5, 5.41) is 0. The molecule has 2 aromatic rings. The summed E-state index contributed by atoms with van der Waals surface area (Å²) in [5.74, 6) is -3.50. The molecule has 0 aromatic heterocycles. The zero-order valence-corrected chi connectivity index (χ0v) is 14.1. The van der Waals surface area contributed by atoms with Gasteiger partial charge in [-0.2, -0.15) is 21.2 Å². The number of benzene rings is 2. The maximum Gasteiger partial charge on any atom is 0.306 e. The molecular formula is C14H12F2O6S2. The second-order valence-electron chi connectivity index (χ2n) is 4.84. The number of hydrogen-bond acceptors (Lipinski definition) is 6. The van der Waals surface area contributed by atoms with Gasteiger partial charge < -0.3 is 8.37 Å². The van der Waals surface area contributed by atoms with Gasteiger partial charge in [0.15, 0.2) is 11.5 Å². The van der Waals surface area contributed by atoms with Crippen LogP contribution >= 0.6 is 0 Å². The Bertz CT molecular complexity index is 984. The van der Waals surface area contributed by atoms with Crippen LogP contribution < -0.4 is 8.37 Å². The van der Waals surface area contributed by atoms with Crippen LogP contribution in [0.4, 0.5) is 8.78 Å². The van der Waals surface area contributed by atoms with Crippen molar-refractivity contribution in [2.24, 2.45) is 0 Å². The standard InChI is InChI=1S/C14H12F2O6S2/c1-23(17,18)21-12-7-6-11(9-4-3-5-10(15)8-9)14(13(12)16)22-24(2,19)20/h3-8H,1-2H3. The summed E-state index contributed by atoms with van der Waals surface area (Å²) in [6.45, 7) is 0. The summed E-state index contributed by atoms with van der Waals surface area (Å²) in [4.78, 5) is 0. The first-order valence-corrected chi connectivity index (χ1v) is 9.97. The van der Waals surface area contributed by atoms with Crippen LogP contribution in [0, 0.1) is 11.6 Å². The smallest absolute Gasteiger partial charge is 0.306 e. The minimum absolute atomic E-state index is 0.0849. The van der Waals surface area contributed by atoms with E-state index in [0.29, 0.717) is 12.5 Å². The van der Waals surface area contributed by atoms with Crippen molar-refractivity contribution in [2.45, 2.75) is 0 Å². The monoisotopic (exact) mass is 378 g/mol. The minimum Gasteiger partial charge on any atom is -0.379 e. The van der Waals surface area contributed by atoms with Crippen molar-refractivity contribution in [3.8, 4) is 22.6 Å². The lowest BCUT2D eigenvalue weighted by molar-refractivity contribution is 0.439. The van der Waals surface area contributed by atoms with E-state index in [1.807, 2.05) is 0 Å². The van der Waals surface area contributed by atoms with Gasteiger partial charge in [0.25, 0.3) is 0 Å². The molecule has 0 aliphatic carbocycles. The number of halogens is 2. The predicted molar refractivity (Wildman–Crippen MR) is 82.7 cm³/mol. The van der Waals surface area contributed by atoms with Crippen molar-refractivity contribution in [2.75, 3.05) is 12.5 Å². The molecule has 0 aliphatic rings. The van der Waals surface area contributed by atoms with Gasteiger partial charge in [-0.25, -0.2) is 4.39 Å². The molecule has 0 atom stereocenters. The SMILES string of the molecule is CS(=O)(=O)Oc1ccc(-c2cccc(F)c2)c(OS(C)(=O)=O)c1F. The highest BCUT2D eigenvalue weighted by Crippen LogP contribution is 2.38. The molecule has 0 N–H and O–H groups in total. The third-order valence-electron chi connectivity index (χ3n) is 2.67. The van der Waals surface area contributed by atoms with Crippen molar-refractivity contribution < 1.29 is 34.0 Å². The first-order valence-electron chi connectivity index (χ1n) is 6.33. The van der Waals surface area contributed by atoms with Gasteiger partial charge in [-0.3, -0.25) is 0 Å². The van der Waals surface area contributed by atoms with Crippen LogP contribution in [0.5, 0.6) is 11.5 Å². The molecule has 0 amide bonds. The normalized spacial score (nSPS) is 12.0. The molecule has 0 radical (unpaired) electrons. The zero-order valence-electron chi connectivity index (χ0n) is 12.5. The third kappa shape index (κ3) is 4.65. The van der Waals surface area contributed by atoms with Crippen LogP contribution in [-0.2, 0) is 20.2 Å². The first kappa shape index (κ1) is 18.1. The van der Waals surface area contributed by atoms with E-state index in [4.69, 9.17) is 0 Å². The van der Waals surface area contributed by atoms with Crippen molar-refractivity contribution >= 4 is 20.2 Å². The Kier molecular flexibility index (Phi) is 4.81. The highest BCUT2D eigenvalue weighted by atomic mass is 32.2. The second-order valence-corrected chi connectivity index (χ2v) is 7.99. The number of rotatable bonds is 5. The van der Waals surface area contributed by atoms with Crippen molar-refractivity contribution in [3.05, 3.63) is 48.0 Å². The van der Waals surface area contributed by atoms with E-state index in [0.717, 1.165) is 18.2 Å². The van der Waals surface area contributed by atoms with Crippen LogP contribution in [0.25, 0.3) is 11.1 Å². The van der Waals surface area contributed by atoms with Gasteiger partial charge >= 0.3 is 20.2 Å². The Morgan fingerprint density at radius 1 is 0.875 bits per heavy atom. The highest BCUT2D eigenvalue weighted by molar-refractivity contribution is 7.86. The quantitative estimate of drug-likeness (QED) is 0.742. The van der Waals surface area contributed by atoms with Crippen LogP contribution in [0.3, 0.4) is 0 Å². The molecule has 0 bridgehead atoms. The van der Waals surface area contributed by atoms with E-state index in [9.17, 15) is 25.6 Å². The Morgan fingerprint density at radius 2 is 1.50 bits per heavy atom. The summed E-state index contributed by atoms with van der Waals surface area (Å²) < 4.78 is 82.0. The third-order valence-corrected chi connectivity index (χ3v) is 3.62. The average molecular weight is 378 g/mol. The zero-order chi connectivity index (χ0) is 18.1. The minimum atomic E-state index is -4.14. The van der Waals surface area contributed by atoms with E-state index >= 15 is 0 Å². The Hall–Kier alpha value is -2.20. The molecule has 0 aliphatic heterocycles. The van der Waals surface area contributed by atoms with Gasteiger partial charge in [-0.05, 0) is 29.8 Å². The van der Waals surface area contributed by atoms with E-state index in [-0.39, 0.29) is 11.1 Å². The predicted octanol–water partition coefficient (Wildman–Crippen LogP) is 2.31. The molecule has 2 rings (SSSR count). The molecule has 0 saturated heterocycles. The molecular weight excluding hydrogens is 366 g/mol. The Balaban J connectivity index is 2.69. The Labute approximate surface area is 137 Å². The molecule has 130 valence electrons. The van der Waals surface area contributed by atoms with Crippen molar-refractivity contribution in [1.29, 1.82) is 0 Å². The van der Waals surface area contributed by atoms with Gasteiger partial charge in [-0.1, -0.05) is 12.1 Å². The highest BCUT2D eigenvalue weighted by Gasteiger charge is 2.23. The summed E-state index contributed by atoms with van der Waals surface area (Å²) in [6.07, 6.45) is 1.38.